The van der Waals surface area contributed by atoms with Gasteiger partial charge in [-0.1, -0.05) is 6.07 Å². The number of imide groups is 1. The van der Waals surface area contributed by atoms with Crippen LogP contribution in [0.2, 0.25) is 0 Å². The number of alkyl halides is 2. The van der Waals surface area contributed by atoms with Crippen molar-refractivity contribution in [2.75, 3.05) is 23.9 Å². The molecule has 1 heterocycles. The molecule has 0 spiro atoms. The van der Waals surface area contributed by atoms with E-state index in [0.717, 1.165) is 0 Å². The molecule has 10 heteroatoms. The number of ether oxygens (including phenoxy) is 2. The van der Waals surface area contributed by atoms with E-state index in [2.05, 4.69) is 5.32 Å². The minimum atomic E-state index is -0.707. The van der Waals surface area contributed by atoms with E-state index >= 15 is 0 Å². The molecule has 0 radical (unpaired) electrons. The lowest BCUT2D eigenvalue weighted by atomic mass is 9.80. The summed E-state index contributed by atoms with van der Waals surface area (Å²) < 4.78 is 10.2. The summed E-state index contributed by atoms with van der Waals surface area (Å²) in [6.07, 6.45) is 0.694. The number of hydrogen-bond acceptors (Lipinski definition) is 6. The van der Waals surface area contributed by atoms with Gasteiger partial charge in [-0.25, -0.2) is 4.79 Å². The molecule has 1 saturated heterocycles. The van der Waals surface area contributed by atoms with Crippen molar-refractivity contribution in [1.82, 2.24) is 0 Å². The van der Waals surface area contributed by atoms with Gasteiger partial charge in [0.2, 0.25) is 11.8 Å². The molecule has 0 aromatic heterocycles. The Morgan fingerprint density at radius 3 is 2.23 bits per heavy atom. The molecule has 2 aliphatic carbocycles. The average Bonchev–Trinajstić information content (AvgIpc) is 3.47. The summed E-state index contributed by atoms with van der Waals surface area (Å²) in [6.45, 7) is -0.480. The number of fused-ring (bicyclic) bond motifs is 5. The van der Waals surface area contributed by atoms with E-state index in [-0.39, 0.29) is 40.0 Å². The first-order valence-corrected chi connectivity index (χ1v) is 12.0. The highest BCUT2D eigenvalue weighted by atomic mass is 35.5. The fourth-order valence-electron chi connectivity index (χ4n) is 5.46. The minimum absolute atomic E-state index is 0.104. The van der Waals surface area contributed by atoms with E-state index in [0.29, 0.717) is 23.5 Å². The average molecular weight is 517 g/mol. The summed E-state index contributed by atoms with van der Waals surface area (Å²) in [6, 6.07) is 12.7. The first-order chi connectivity index (χ1) is 16.8. The van der Waals surface area contributed by atoms with Crippen LogP contribution in [0.3, 0.4) is 0 Å². The number of methoxy groups -OCH3 is 1. The minimum Gasteiger partial charge on any atom is -0.497 e. The van der Waals surface area contributed by atoms with E-state index < -0.39 is 30.3 Å². The molecule has 6 atom stereocenters. The van der Waals surface area contributed by atoms with Crippen LogP contribution in [-0.4, -0.2) is 48.2 Å². The first kappa shape index (κ1) is 23.6. The SMILES string of the molecule is COc1cccc(NC(=O)COC(=O)c2ccc(N3C(=O)[C@@H]4[C@H]5C[C@@H]([C@H](Cl)[C@@H]5Cl)[C@@H]4C3=O)cc2)c1. The van der Waals surface area contributed by atoms with Gasteiger partial charge in [0, 0.05) is 11.8 Å². The van der Waals surface area contributed by atoms with Crippen molar-refractivity contribution in [3.8, 4) is 5.75 Å². The van der Waals surface area contributed by atoms with Crippen LogP contribution < -0.4 is 15.0 Å². The van der Waals surface area contributed by atoms with Crippen molar-refractivity contribution in [3.05, 3.63) is 54.1 Å². The lowest BCUT2D eigenvalue weighted by Gasteiger charge is -2.28. The van der Waals surface area contributed by atoms with Crippen molar-refractivity contribution in [2.24, 2.45) is 23.7 Å². The fourth-order valence-corrected chi connectivity index (χ4v) is 6.36. The zero-order valence-corrected chi connectivity index (χ0v) is 20.2. The lowest BCUT2D eigenvalue weighted by molar-refractivity contribution is -0.123. The third-order valence-corrected chi connectivity index (χ3v) is 8.36. The van der Waals surface area contributed by atoms with Gasteiger partial charge in [-0.15, -0.1) is 23.2 Å². The van der Waals surface area contributed by atoms with Gasteiger partial charge in [-0.2, -0.15) is 0 Å². The van der Waals surface area contributed by atoms with E-state index in [1.807, 2.05) is 0 Å². The highest BCUT2D eigenvalue weighted by Gasteiger charge is 2.66. The Bertz CT molecular complexity index is 1170. The number of amides is 3. The van der Waals surface area contributed by atoms with Gasteiger partial charge in [0.25, 0.3) is 5.91 Å². The van der Waals surface area contributed by atoms with Gasteiger partial charge >= 0.3 is 5.97 Å². The summed E-state index contributed by atoms with van der Waals surface area (Å²) in [7, 11) is 1.52. The molecule has 35 heavy (non-hydrogen) atoms. The highest BCUT2D eigenvalue weighted by Crippen LogP contribution is 2.59. The number of nitrogens with zero attached hydrogens (tertiary/aromatic N) is 1. The second-order valence-corrected chi connectivity index (χ2v) is 9.93. The second kappa shape index (κ2) is 9.17. The topological polar surface area (TPSA) is 102 Å². The van der Waals surface area contributed by atoms with Crippen LogP contribution in [0, 0.1) is 23.7 Å². The van der Waals surface area contributed by atoms with E-state index in [4.69, 9.17) is 32.7 Å². The Morgan fingerprint density at radius 1 is 1.00 bits per heavy atom. The molecule has 2 aromatic carbocycles. The predicted molar refractivity (Wildman–Crippen MR) is 129 cm³/mol. The van der Waals surface area contributed by atoms with Crippen LogP contribution in [-0.2, 0) is 19.1 Å². The second-order valence-electron chi connectivity index (χ2n) is 8.92. The monoisotopic (exact) mass is 516 g/mol. The first-order valence-electron chi connectivity index (χ1n) is 11.2. The van der Waals surface area contributed by atoms with Crippen LogP contribution >= 0.6 is 23.2 Å². The number of anilines is 2. The molecule has 8 nitrogen and oxygen atoms in total. The van der Waals surface area contributed by atoms with Crippen molar-refractivity contribution >= 4 is 58.3 Å². The molecular weight excluding hydrogens is 495 g/mol. The Hall–Kier alpha value is -3.10. The summed E-state index contributed by atoms with van der Waals surface area (Å²) in [5, 5.41) is 1.98. The zero-order valence-electron chi connectivity index (χ0n) is 18.6. The largest absolute Gasteiger partial charge is 0.497 e. The molecule has 1 N–H and O–H groups in total. The Balaban J connectivity index is 1.21. The van der Waals surface area contributed by atoms with Crippen molar-refractivity contribution in [2.45, 2.75) is 17.2 Å². The van der Waals surface area contributed by atoms with Gasteiger partial charge in [0.15, 0.2) is 6.61 Å². The Morgan fingerprint density at radius 2 is 1.63 bits per heavy atom. The molecule has 5 rings (SSSR count). The molecule has 182 valence electrons. The van der Waals surface area contributed by atoms with Crippen LogP contribution in [0.5, 0.6) is 5.75 Å². The normalized spacial score (nSPS) is 28.7. The summed E-state index contributed by atoms with van der Waals surface area (Å²) in [4.78, 5) is 51.9. The third-order valence-electron chi connectivity index (χ3n) is 7.04. The van der Waals surface area contributed by atoms with Crippen molar-refractivity contribution in [3.63, 3.8) is 0 Å². The third kappa shape index (κ3) is 4.04. The number of benzene rings is 2. The number of carbonyl (C=O) groups is 4. The molecule has 3 aliphatic rings. The fraction of sp³-hybridized carbons (Fsp3) is 0.360. The standard InChI is InChI=1S/C25H22Cl2N2O6/c1-34-15-4-2-3-13(9-15)28-18(30)11-35-25(33)12-5-7-14(8-6-12)29-23(31)19-16-10-17(20(19)24(29)32)22(27)21(16)26/h2-9,16-17,19-22H,10-11H2,1H3,(H,28,30)/t16-,17-,19-,20+,21-,22+/m1/s1. The van der Waals surface area contributed by atoms with Gasteiger partial charge in [-0.05, 0) is 54.7 Å². The Labute approximate surface area is 211 Å². The highest BCUT2D eigenvalue weighted by molar-refractivity contribution is 6.32. The van der Waals surface area contributed by atoms with E-state index in [9.17, 15) is 19.2 Å². The maximum absolute atomic E-state index is 13.1. The number of esters is 1. The van der Waals surface area contributed by atoms with Crippen LogP contribution in [0.15, 0.2) is 48.5 Å². The number of hydrogen-bond donors (Lipinski definition) is 1. The van der Waals surface area contributed by atoms with Crippen LogP contribution in [0.25, 0.3) is 0 Å². The van der Waals surface area contributed by atoms with Gasteiger partial charge in [-0.3, -0.25) is 19.3 Å². The molecule has 2 saturated carbocycles. The maximum Gasteiger partial charge on any atom is 0.338 e. The number of rotatable bonds is 6. The van der Waals surface area contributed by atoms with Crippen LogP contribution in [0.1, 0.15) is 16.8 Å². The van der Waals surface area contributed by atoms with Crippen molar-refractivity contribution < 1.29 is 28.7 Å². The zero-order chi connectivity index (χ0) is 24.9. The summed E-state index contributed by atoms with van der Waals surface area (Å²) >= 11 is 12.8. The molecule has 3 amide bonds. The molecule has 1 aliphatic heterocycles. The van der Waals surface area contributed by atoms with E-state index in [1.165, 1.54) is 36.3 Å². The molecule has 3 fully saturated rings. The molecule has 2 bridgehead atoms. The van der Waals surface area contributed by atoms with Gasteiger partial charge in [0.1, 0.15) is 5.75 Å². The number of nitrogens with one attached hydrogen (secondary N) is 1. The molecular formula is C25H22Cl2N2O6. The van der Waals surface area contributed by atoms with Crippen molar-refractivity contribution in [1.29, 1.82) is 0 Å². The quantitative estimate of drug-likeness (QED) is 0.358. The number of halogens is 2. The predicted octanol–water partition coefficient (Wildman–Crippen LogP) is 3.46. The van der Waals surface area contributed by atoms with Crippen LogP contribution in [0.4, 0.5) is 11.4 Å². The summed E-state index contributed by atoms with van der Waals surface area (Å²) in [5.41, 5.74) is 1.07. The maximum atomic E-state index is 13.1. The Kier molecular flexibility index (Phi) is 6.19. The lowest BCUT2D eigenvalue weighted by Crippen LogP contribution is -2.37. The van der Waals surface area contributed by atoms with E-state index in [1.54, 1.807) is 24.3 Å². The summed E-state index contributed by atoms with van der Waals surface area (Å²) in [5.74, 6) is -2.28. The number of carbonyl (C=O) groups excluding carboxylic acids is 4. The van der Waals surface area contributed by atoms with Gasteiger partial charge < -0.3 is 14.8 Å². The smallest absolute Gasteiger partial charge is 0.338 e. The van der Waals surface area contributed by atoms with Gasteiger partial charge in [0.05, 0.1) is 41.0 Å². The molecule has 2 aromatic rings. The molecule has 0 unspecified atom stereocenters.